The summed E-state index contributed by atoms with van der Waals surface area (Å²) in [5.74, 6) is -2.18. The Kier molecular flexibility index (Phi) is 6.18. The van der Waals surface area contributed by atoms with Crippen LogP contribution in [0.2, 0.25) is 0 Å². The van der Waals surface area contributed by atoms with Crippen LogP contribution in [0.25, 0.3) is 0 Å². The molecule has 1 N–H and O–H groups in total. The molecular formula is C25H21NO5S. The molecule has 6 nitrogen and oxygen atoms in total. The van der Waals surface area contributed by atoms with Crippen LogP contribution in [0.3, 0.4) is 0 Å². The molecule has 0 saturated heterocycles. The van der Waals surface area contributed by atoms with E-state index in [9.17, 15) is 19.5 Å². The first-order valence-corrected chi connectivity index (χ1v) is 11.1. The molecule has 0 fully saturated rings. The predicted octanol–water partition coefficient (Wildman–Crippen LogP) is 5.10. The molecule has 32 heavy (non-hydrogen) atoms. The molecule has 1 atom stereocenters. The first-order valence-electron chi connectivity index (χ1n) is 10.2. The normalized spacial score (nSPS) is 15.8. The number of benzene rings is 2. The number of hydrogen-bond donors (Lipinski definition) is 1. The number of ketones is 1. The summed E-state index contributed by atoms with van der Waals surface area (Å²) in [5, 5.41) is 12.5. The molecule has 7 heteroatoms. The number of amides is 1. The molecule has 1 aliphatic rings. The zero-order chi connectivity index (χ0) is 22.7. The van der Waals surface area contributed by atoms with E-state index < -0.39 is 29.5 Å². The lowest BCUT2D eigenvalue weighted by atomic mass is 9.95. The SMILES string of the molecule is CCCOC(=O)c1cccc(N2C(=O)C(O)=C(C(=O)c3cccs3)C2c2ccccc2)c1. The lowest BCUT2D eigenvalue weighted by Gasteiger charge is -2.27. The fourth-order valence-electron chi connectivity index (χ4n) is 3.66. The van der Waals surface area contributed by atoms with Crippen molar-refractivity contribution in [2.75, 3.05) is 11.5 Å². The van der Waals surface area contributed by atoms with Gasteiger partial charge in [0.05, 0.1) is 28.7 Å². The van der Waals surface area contributed by atoms with Crippen LogP contribution in [-0.4, -0.2) is 29.4 Å². The first-order chi connectivity index (χ1) is 15.5. The monoisotopic (exact) mass is 447 g/mol. The summed E-state index contributed by atoms with van der Waals surface area (Å²) in [6, 6.07) is 18.1. The largest absolute Gasteiger partial charge is 0.503 e. The van der Waals surface area contributed by atoms with Gasteiger partial charge in [-0.25, -0.2) is 4.79 Å². The number of aliphatic hydroxyl groups excluding tert-OH is 1. The molecule has 1 aliphatic heterocycles. The third-order valence-corrected chi connectivity index (χ3v) is 5.98. The lowest BCUT2D eigenvalue weighted by molar-refractivity contribution is -0.117. The minimum atomic E-state index is -0.833. The van der Waals surface area contributed by atoms with Gasteiger partial charge >= 0.3 is 5.97 Å². The maximum atomic E-state index is 13.3. The van der Waals surface area contributed by atoms with Crippen molar-refractivity contribution in [1.82, 2.24) is 0 Å². The van der Waals surface area contributed by atoms with Crippen molar-refractivity contribution >= 4 is 34.7 Å². The van der Waals surface area contributed by atoms with Crippen LogP contribution in [0.15, 0.2) is 83.4 Å². The Bertz CT molecular complexity index is 1180. The first kappa shape index (κ1) is 21.5. The maximum Gasteiger partial charge on any atom is 0.338 e. The Hall–Kier alpha value is -3.71. The van der Waals surface area contributed by atoms with Crippen LogP contribution in [0.1, 0.15) is 45.0 Å². The molecule has 0 aliphatic carbocycles. The van der Waals surface area contributed by atoms with Gasteiger partial charge in [0.25, 0.3) is 5.91 Å². The summed E-state index contributed by atoms with van der Waals surface area (Å²) in [4.78, 5) is 40.6. The smallest absolute Gasteiger partial charge is 0.338 e. The number of nitrogens with zero attached hydrogens (tertiary/aromatic N) is 1. The molecule has 0 radical (unpaired) electrons. The second kappa shape index (κ2) is 9.20. The Labute approximate surface area is 189 Å². The van der Waals surface area contributed by atoms with E-state index in [0.29, 0.717) is 29.2 Å². The van der Waals surface area contributed by atoms with Crippen molar-refractivity contribution in [3.63, 3.8) is 0 Å². The number of rotatable bonds is 7. The highest BCUT2D eigenvalue weighted by Crippen LogP contribution is 2.42. The maximum absolute atomic E-state index is 13.3. The molecule has 0 saturated carbocycles. The highest BCUT2D eigenvalue weighted by Gasteiger charge is 2.44. The minimum Gasteiger partial charge on any atom is -0.503 e. The summed E-state index contributed by atoms with van der Waals surface area (Å²) in [5.41, 5.74) is 1.36. The molecule has 0 spiro atoms. The van der Waals surface area contributed by atoms with Gasteiger partial charge in [0.15, 0.2) is 5.76 Å². The van der Waals surface area contributed by atoms with Gasteiger partial charge in [0, 0.05) is 5.69 Å². The molecular weight excluding hydrogens is 426 g/mol. The molecule has 4 rings (SSSR count). The molecule has 3 aromatic rings. The van der Waals surface area contributed by atoms with Crippen molar-refractivity contribution < 1.29 is 24.2 Å². The summed E-state index contributed by atoms with van der Waals surface area (Å²) in [7, 11) is 0. The van der Waals surface area contributed by atoms with Gasteiger partial charge in [0.1, 0.15) is 0 Å². The molecule has 2 aromatic carbocycles. The number of anilines is 1. The summed E-state index contributed by atoms with van der Waals surface area (Å²) in [6.07, 6.45) is 0.693. The molecule has 162 valence electrons. The van der Waals surface area contributed by atoms with E-state index in [1.54, 1.807) is 60.0 Å². The number of carbonyl (C=O) groups is 3. The Morgan fingerprint density at radius 3 is 2.53 bits per heavy atom. The van der Waals surface area contributed by atoms with Crippen LogP contribution in [0.5, 0.6) is 0 Å². The van der Waals surface area contributed by atoms with Crippen LogP contribution in [0, 0.1) is 0 Å². The van der Waals surface area contributed by atoms with E-state index in [4.69, 9.17) is 4.74 Å². The fourth-order valence-corrected chi connectivity index (χ4v) is 4.33. The second-order valence-electron chi connectivity index (χ2n) is 7.24. The average Bonchev–Trinajstić information content (AvgIpc) is 3.45. The highest BCUT2D eigenvalue weighted by molar-refractivity contribution is 7.12. The van der Waals surface area contributed by atoms with E-state index >= 15 is 0 Å². The topological polar surface area (TPSA) is 83.9 Å². The second-order valence-corrected chi connectivity index (χ2v) is 8.19. The zero-order valence-electron chi connectivity index (χ0n) is 17.4. The van der Waals surface area contributed by atoms with E-state index in [2.05, 4.69) is 0 Å². The average molecular weight is 448 g/mol. The van der Waals surface area contributed by atoms with Crippen molar-refractivity contribution in [1.29, 1.82) is 0 Å². The van der Waals surface area contributed by atoms with Gasteiger partial charge < -0.3 is 9.84 Å². The van der Waals surface area contributed by atoms with Gasteiger partial charge in [-0.05, 0) is 41.6 Å². The van der Waals surface area contributed by atoms with Crippen LogP contribution in [-0.2, 0) is 9.53 Å². The van der Waals surface area contributed by atoms with Crippen molar-refractivity contribution in [3.05, 3.63) is 99.4 Å². The predicted molar refractivity (Wildman–Crippen MR) is 122 cm³/mol. The number of thiophene rings is 1. The highest BCUT2D eigenvalue weighted by atomic mass is 32.1. The van der Waals surface area contributed by atoms with Gasteiger partial charge in [-0.1, -0.05) is 49.4 Å². The number of hydrogen-bond acceptors (Lipinski definition) is 6. The fraction of sp³-hybridized carbons (Fsp3) is 0.160. The molecule has 1 unspecified atom stereocenters. The summed E-state index contributed by atoms with van der Waals surface area (Å²) >= 11 is 1.24. The van der Waals surface area contributed by atoms with Gasteiger partial charge in [-0.2, -0.15) is 0 Å². The zero-order valence-corrected chi connectivity index (χ0v) is 18.2. The van der Waals surface area contributed by atoms with Gasteiger partial charge in [0.2, 0.25) is 5.78 Å². The van der Waals surface area contributed by atoms with Crippen molar-refractivity contribution in [2.45, 2.75) is 19.4 Å². The van der Waals surface area contributed by atoms with E-state index in [0.717, 1.165) is 0 Å². The quantitative estimate of drug-likeness (QED) is 0.403. The Morgan fingerprint density at radius 2 is 1.84 bits per heavy atom. The lowest BCUT2D eigenvalue weighted by Crippen LogP contribution is -2.31. The third kappa shape index (κ3) is 3.94. The van der Waals surface area contributed by atoms with E-state index in [1.165, 1.54) is 22.3 Å². The standard InChI is InChI=1S/C25H21NO5S/c1-2-13-31-25(30)17-10-6-11-18(15-17)26-21(16-8-4-3-5-9-16)20(23(28)24(26)29)22(27)19-12-7-14-32-19/h3-12,14-15,21,28H,2,13H2,1H3. The number of Topliss-reactive ketones (excluding diaryl/α,β-unsaturated/α-hetero) is 1. The van der Waals surface area contributed by atoms with E-state index in [-0.39, 0.29) is 11.1 Å². The summed E-state index contributed by atoms with van der Waals surface area (Å²) in [6.45, 7) is 2.19. The van der Waals surface area contributed by atoms with Crippen molar-refractivity contribution in [3.8, 4) is 0 Å². The summed E-state index contributed by atoms with van der Waals surface area (Å²) < 4.78 is 5.21. The molecule has 1 amide bonds. The molecule has 1 aromatic heterocycles. The van der Waals surface area contributed by atoms with Gasteiger partial charge in [-0.15, -0.1) is 11.3 Å². The van der Waals surface area contributed by atoms with Crippen LogP contribution < -0.4 is 4.90 Å². The number of esters is 1. The third-order valence-electron chi connectivity index (χ3n) is 5.11. The van der Waals surface area contributed by atoms with Gasteiger partial charge in [-0.3, -0.25) is 14.5 Å². The molecule has 2 heterocycles. The van der Waals surface area contributed by atoms with Crippen molar-refractivity contribution in [2.24, 2.45) is 0 Å². The number of ether oxygens (including phenoxy) is 1. The van der Waals surface area contributed by atoms with Crippen LogP contribution in [0.4, 0.5) is 5.69 Å². The number of aliphatic hydroxyl groups is 1. The van der Waals surface area contributed by atoms with Crippen LogP contribution >= 0.6 is 11.3 Å². The minimum absolute atomic E-state index is 0.0163. The Balaban J connectivity index is 1.80. The van der Waals surface area contributed by atoms with E-state index in [1.807, 2.05) is 13.0 Å². The Morgan fingerprint density at radius 1 is 1.06 bits per heavy atom. The molecule has 0 bridgehead atoms. The number of carbonyl (C=O) groups excluding carboxylic acids is 3.